The normalized spacial score (nSPS) is 17.6. The van der Waals surface area contributed by atoms with E-state index >= 15 is 0 Å². The van der Waals surface area contributed by atoms with Gasteiger partial charge in [0.2, 0.25) is 0 Å². The summed E-state index contributed by atoms with van der Waals surface area (Å²) in [5.41, 5.74) is -0.247. The molecule has 6 nitrogen and oxygen atoms in total. The van der Waals surface area contributed by atoms with Gasteiger partial charge in [0, 0.05) is 18.5 Å². The Hall–Kier alpha value is -2.34. The molecule has 1 amide bonds. The summed E-state index contributed by atoms with van der Waals surface area (Å²) in [6, 6.07) is 6.58. The number of hydrogen-bond acceptors (Lipinski definition) is 5. The highest BCUT2D eigenvalue weighted by molar-refractivity contribution is 5.96. The maximum atomic E-state index is 12.2. The van der Waals surface area contributed by atoms with Gasteiger partial charge in [-0.25, -0.2) is 4.79 Å². The molecule has 3 rings (SSSR count). The van der Waals surface area contributed by atoms with Crippen LogP contribution in [-0.2, 0) is 4.74 Å². The summed E-state index contributed by atoms with van der Waals surface area (Å²) in [6.45, 7) is 1.12. The van der Waals surface area contributed by atoms with E-state index < -0.39 is 11.5 Å². The SMILES string of the molecule is COc1ccc2oc(=O)c(C(=O)NC[C@H]3CCCO3)cc2c1. The van der Waals surface area contributed by atoms with Crippen molar-refractivity contribution in [3.63, 3.8) is 0 Å². The molecule has 116 valence electrons. The minimum atomic E-state index is -0.650. The molecule has 2 heterocycles. The van der Waals surface area contributed by atoms with Crippen molar-refractivity contribution >= 4 is 16.9 Å². The van der Waals surface area contributed by atoms with Crippen molar-refractivity contribution in [3.8, 4) is 5.75 Å². The molecule has 1 fully saturated rings. The Bertz CT molecular complexity index is 746. The third-order valence-electron chi connectivity index (χ3n) is 3.70. The molecule has 22 heavy (non-hydrogen) atoms. The summed E-state index contributed by atoms with van der Waals surface area (Å²) in [4.78, 5) is 24.1. The van der Waals surface area contributed by atoms with Crippen molar-refractivity contribution in [1.29, 1.82) is 0 Å². The molecule has 1 atom stereocenters. The second-order valence-electron chi connectivity index (χ2n) is 5.20. The van der Waals surface area contributed by atoms with E-state index in [-0.39, 0.29) is 11.7 Å². The predicted octanol–water partition coefficient (Wildman–Crippen LogP) is 1.71. The number of fused-ring (bicyclic) bond motifs is 1. The Morgan fingerprint density at radius 1 is 1.41 bits per heavy atom. The monoisotopic (exact) mass is 303 g/mol. The second-order valence-corrected chi connectivity index (χ2v) is 5.20. The van der Waals surface area contributed by atoms with Crippen LogP contribution in [0.15, 0.2) is 33.5 Å². The van der Waals surface area contributed by atoms with E-state index in [1.54, 1.807) is 25.3 Å². The molecular formula is C16H17NO5. The number of rotatable bonds is 4. The van der Waals surface area contributed by atoms with Crippen LogP contribution in [-0.4, -0.2) is 32.3 Å². The van der Waals surface area contributed by atoms with Gasteiger partial charge < -0.3 is 19.2 Å². The molecule has 1 saturated heterocycles. The summed E-state index contributed by atoms with van der Waals surface area (Å²) in [5, 5.41) is 3.36. The maximum Gasteiger partial charge on any atom is 0.349 e. The molecule has 0 radical (unpaired) electrons. The lowest BCUT2D eigenvalue weighted by Gasteiger charge is -2.10. The first-order valence-electron chi connectivity index (χ1n) is 7.19. The molecule has 1 aromatic heterocycles. The first-order chi connectivity index (χ1) is 10.7. The summed E-state index contributed by atoms with van der Waals surface area (Å²) >= 11 is 0. The lowest BCUT2D eigenvalue weighted by Crippen LogP contribution is -2.34. The zero-order valence-corrected chi connectivity index (χ0v) is 12.3. The fourth-order valence-corrected chi connectivity index (χ4v) is 2.49. The van der Waals surface area contributed by atoms with Gasteiger partial charge in [-0.2, -0.15) is 0 Å². The van der Waals surface area contributed by atoms with Gasteiger partial charge >= 0.3 is 5.63 Å². The molecule has 0 bridgehead atoms. The van der Waals surface area contributed by atoms with E-state index in [9.17, 15) is 9.59 Å². The third-order valence-corrected chi connectivity index (χ3v) is 3.70. The smallest absolute Gasteiger partial charge is 0.349 e. The van der Waals surface area contributed by atoms with Gasteiger partial charge in [0.1, 0.15) is 16.9 Å². The van der Waals surface area contributed by atoms with Crippen LogP contribution < -0.4 is 15.7 Å². The van der Waals surface area contributed by atoms with E-state index in [0.29, 0.717) is 23.3 Å². The van der Waals surface area contributed by atoms with Crippen LogP contribution in [0.25, 0.3) is 11.0 Å². The van der Waals surface area contributed by atoms with E-state index in [4.69, 9.17) is 13.9 Å². The fraction of sp³-hybridized carbons (Fsp3) is 0.375. The predicted molar refractivity (Wildman–Crippen MR) is 80.3 cm³/mol. The first kappa shape index (κ1) is 14.6. The molecule has 0 unspecified atom stereocenters. The van der Waals surface area contributed by atoms with Gasteiger partial charge in [-0.15, -0.1) is 0 Å². The summed E-state index contributed by atoms with van der Waals surface area (Å²) in [6.07, 6.45) is 1.94. The van der Waals surface area contributed by atoms with E-state index in [1.165, 1.54) is 6.07 Å². The van der Waals surface area contributed by atoms with Gasteiger partial charge in [0.05, 0.1) is 13.2 Å². The first-order valence-corrected chi connectivity index (χ1v) is 7.19. The van der Waals surface area contributed by atoms with E-state index in [1.807, 2.05) is 0 Å². The molecule has 1 aromatic carbocycles. The van der Waals surface area contributed by atoms with Gasteiger partial charge in [0.15, 0.2) is 0 Å². The number of methoxy groups -OCH3 is 1. The van der Waals surface area contributed by atoms with E-state index in [2.05, 4.69) is 5.32 Å². The highest BCUT2D eigenvalue weighted by Crippen LogP contribution is 2.20. The summed E-state index contributed by atoms with van der Waals surface area (Å²) in [5.74, 6) is 0.182. The van der Waals surface area contributed by atoms with Crippen molar-refractivity contribution in [2.75, 3.05) is 20.3 Å². The van der Waals surface area contributed by atoms with Crippen LogP contribution >= 0.6 is 0 Å². The molecule has 0 saturated carbocycles. The number of nitrogens with one attached hydrogen (secondary N) is 1. The van der Waals surface area contributed by atoms with Crippen molar-refractivity contribution in [2.45, 2.75) is 18.9 Å². The molecule has 0 aliphatic carbocycles. The number of carbonyl (C=O) groups is 1. The fourth-order valence-electron chi connectivity index (χ4n) is 2.49. The lowest BCUT2D eigenvalue weighted by molar-refractivity contribution is 0.0855. The summed E-state index contributed by atoms with van der Waals surface area (Å²) in [7, 11) is 1.55. The van der Waals surface area contributed by atoms with Gasteiger partial charge in [0.25, 0.3) is 5.91 Å². The minimum Gasteiger partial charge on any atom is -0.497 e. The Labute approximate surface area is 127 Å². The topological polar surface area (TPSA) is 77.8 Å². The maximum absolute atomic E-state index is 12.2. The second kappa shape index (κ2) is 6.19. The molecule has 1 aliphatic heterocycles. The van der Waals surface area contributed by atoms with Crippen molar-refractivity contribution < 1.29 is 18.7 Å². The molecule has 0 spiro atoms. The molecule has 6 heteroatoms. The van der Waals surface area contributed by atoms with Gasteiger partial charge in [-0.3, -0.25) is 4.79 Å². The Morgan fingerprint density at radius 2 is 2.27 bits per heavy atom. The Balaban J connectivity index is 1.83. The van der Waals surface area contributed by atoms with Crippen molar-refractivity contribution in [1.82, 2.24) is 5.32 Å². The highest BCUT2D eigenvalue weighted by atomic mass is 16.5. The van der Waals surface area contributed by atoms with Crippen LogP contribution in [0.3, 0.4) is 0 Å². The summed E-state index contributed by atoms with van der Waals surface area (Å²) < 4.78 is 15.8. The van der Waals surface area contributed by atoms with Gasteiger partial charge in [-0.1, -0.05) is 0 Å². The standard InChI is InChI=1S/C16H17NO5/c1-20-11-4-5-14-10(7-11)8-13(16(19)22-14)15(18)17-9-12-3-2-6-21-12/h4-5,7-8,12H,2-3,6,9H2,1H3,(H,17,18)/t12-/m1/s1. The van der Waals surface area contributed by atoms with Crippen LogP contribution in [0.4, 0.5) is 0 Å². The van der Waals surface area contributed by atoms with Crippen LogP contribution in [0, 0.1) is 0 Å². The zero-order chi connectivity index (χ0) is 15.5. The number of ether oxygens (including phenoxy) is 2. The Kier molecular flexibility index (Phi) is 4.11. The quantitative estimate of drug-likeness (QED) is 0.870. The van der Waals surface area contributed by atoms with Crippen LogP contribution in [0.5, 0.6) is 5.75 Å². The zero-order valence-electron chi connectivity index (χ0n) is 12.3. The number of hydrogen-bond donors (Lipinski definition) is 1. The van der Waals surface area contributed by atoms with Gasteiger partial charge in [-0.05, 0) is 37.1 Å². The molecule has 1 N–H and O–H groups in total. The van der Waals surface area contributed by atoms with Crippen molar-refractivity contribution in [2.24, 2.45) is 0 Å². The molecular weight excluding hydrogens is 286 g/mol. The number of amides is 1. The molecule has 1 aliphatic rings. The third kappa shape index (κ3) is 2.96. The average molecular weight is 303 g/mol. The van der Waals surface area contributed by atoms with E-state index in [0.717, 1.165) is 19.4 Å². The highest BCUT2D eigenvalue weighted by Gasteiger charge is 2.19. The van der Waals surface area contributed by atoms with Crippen LogP contribution in [0.1, 0.15) is 23.2 Å². The molecule has 2 aromatic rings. The largest absolute Gasteiger partial charge is 0.497 e. The number of carbonyl (C=O) groups excluding carboxylic acids is 1. The average Bonchev–Trinajstić information content (AvgIpc) is 3.05. The Morgan fingerprint density at radius 3 is 3.00 bits per heavy atom. The minimum absolute atomic E-state index is 0.0150. The number of benzene rings is 1. The van der Waals surface area contributed by atoms with Crippen LogP contribution in [0.2, 0.25) is 0 Å². The lowest BCUT2D eigenvalue weighted by atomic mass is 10.1. The van der Waals surface area contributed by atoms with Crippen molar-refractivity contribution in [3.05, 3.63) is 40.2 Å².